The minimum Gasteiger partial charge on any atom is -0.494 e. The molecule has 0 aliphatic rings. The van der Waals surface area contributed by atoms with Crippen LogP contribution in [0, 0.1) is 0 Å². The lowest BCUT2D eigenvalue weighted by molar-refractivity contribution is 0.275. The molecule has 0 amide bonds. The molecule has 0 spiro atoms. The molecular formula is C22H41O5P. The fraction of sp³-hybridized carbons (Fsp3) is 0.727. The molecule has 0 bridgehead atoms. The number of unbranched alkanes of at least 4 members (excludes halogenated alkanes) is 13. The van der Waals surface area contributed by atoms with Crippen LogP contribution in [-0.2, 0) is 4.57 Å². The van der Waals surface area contributed by atoms with Crippen molar-refractivity contribution >= 4 is 7.82 Å². The number of ether oxygens (including phenoxy) is 1. The smallest absolute Gasteiger partial charge is 0.466 e. The van der Waals surface area contributed by atoms with Crippen molar-refractivity contribution < 1.29 is 24.0 Å². The van der Waals surface area contributed by atoms with Crippen molar-refractivity contribution in [3.05, 3.63) is 30.3 Å². The van der Waals surface area contributed by atoms with E-state index >= 15 is 0 Å². The van der Waals surface area contributed by atoms with Crippen LogP contribution in [0.4, 0.5) is 0 Å². The van der Waals surface area contributed by atoms with Crippen molar-refractivity contribution in [3.8, 4) is 5.75 Å². The molecule has 0 aliphatic carbocycles. The molecule has 0 heterocycles. The lowest BCUT2D eigenvalue weighted by atomic mass is 10.0. The Labute approximate surface area is 171 Å². The molecule has 0 aliphatic heterocycles. The van der Waals surface area contributed by atoms with Gasteiger partial charge < -0.3 is 19.4 Å². The van der Waals surface area contributed by atoms with Gasteiger partial charge in [0.05, 0.1) is 6.61 Å². The molecule has 0 aromatic heterocycles. The third-order valence-electron chi connectivity index (χ3n) is 4.51. The quantitative estimate of drug-likeness (QED) is 0.208. The van der Waals surface area contributed by atoms with Crippen LogP contribution in [0.2, 0.25) is 0 Å². The van der Waals surface area contributed by atoms with Crippen LogP contribution in [0.15, 0.2) is 30.3 Å². The molecule has 6 heteroatoms. The minimum atomic E-state index is -4.64. The molecule has 164 valence electrons. The molecule has 0 saturated carbocycles. The van der Waals surface area contributed by atoms with Crippen molar-refractivity contribution in [1.82, 2.24) is 0 Å². The number of phosphoric acid groups is 1. The van der Waals surface area contributed by atoms with Gasteiger partial charge in [0.15, 0.2) is 0 Å². The van der Waals surface area contributed by atoms with Gasteiger partial charge in [-0.2, -0.15) is 0 Å². The zero-order valence-electron chi connectivity index (χ0n) is 17.6. The zero-order valence-corrected chi connectivity index (χ0v) is 18.5. The highest BCUT2D eigenvalue weighted by atomic mass is 31.2. The molecule has 28 heavy (non-hydrogen) atoms. The number of para-hydroxylation sites is 1. The fourth-order valence-electron chi connectivity index (χ4n) is 3.00. The third kappa shape index (κ3) is 25.1. The summed E-state index contributed by atoms with van der Waals surface area (Å²) in [5.41, 5.74) is 0. The second kappa shape index (κ2) is 19.4. The van der Waals surface area contributed by atoms with Crippen molar-refractivity contribution in [3.63, 3.8) is 0 Å². The van der Waals surface area contributed by atoms with Crippen molar-refractivity contribution in [2.75, 3.05) is 6.61 Å². The fourth-order valence-corrected chi connectivity index (χ4v) is 3.00. The van der Waals surface area contributed by atoms with Crippen LogP contribution in [0.1, 0.15) is 96.8 Å². The molecule has 1 rings (SSSR count). The first-order chi connectivity index (χ1) is 13.4. The Morgan fingerprint density at radius 1 is 0.679 bits per heavy atom. The van der Waals surface area contributed by atoms with Gasteiger partial charge in [0.2, 0.25) is 0 Å². The Morgan fingerprint density at radius 3 is 1.43 bits per heavy atom. The molecule has 0 atom stereocenters. The highest BCUT2D eigenvalue weighted by Crippen LogP contribution is 2.25. The van der Waals surface area contributed by atoms with Crippen LogP contribution < -0.4 is 4.74 Å². The predicted octanol–water partition coefficient (Wildman–Crippen LogP) is 6.62. The Bertz CT molecular complexity index is 467. The molecule has 5 nitrogen and oxygen atoms in total. The molecule has 1 aromatic rings. The maximum atomic E-state index is 8.88. The maximum Gasteiger partial charge on any atom is 0.466 e. The second-order valence-corrected chi connectivity index (χ2v) is 8.30. The first kappa shape index (κ1) is 27.1. The Hall–Kier alpha value is -0.870. The van der Waals surface area contributed by atoms with Crippen LogP contribution in [0.5, 0.6) is 5.75 Å². The zero-order chi connectivity index (χ0) is 20.9. The summed E-state index contributed by atoms with van der Waals surface area (Å²) in [6.07, 6.45) is 19.7. The van der Waals surface area contributed by atoms with E-state index in [1.165, 1.54) is 89.9 Å². The van der Waals surface area contributed by atoms with Crippen LogP contribution >= 0.6 is 7.82 Å². The maximum absolute atomic E-state index is 8.88. The first-order valence-corrected chi connectivity index (χ1v) is 12.5. The number of hydrogen-bond acceptors (Lipinski definition) is 2. The SMILES string of the molecule is CCCCCCCCCCCCCCCCOc1ccccc1.O=P(O)(O)O. The van der Waals surface area contributed by atoms with E-state index < -0.39 is 7.82 Å². The van der Waals surface area contributed by atoms with Gasteiger partial charge in [0.25, 0.3) is 0 Å². The van der Waals surface area contributed by atoms with E-state index in [1.54, 1.807) is 0 Å². The summed E-state index contributed by atoms with van der Waals surface area (Å²) in [4.78, 5) is 21.6. The first-order valence-electron chi connectivity index (χ1n) is 10.9. The topological polar surface area (TPSA) is 87.0 Å². The van der Waals surface area contributed by atoms with Crippen molar-refractivity contribution in [1.29, 1.82) is 0 Å². The molecular weight excluding hydrogens is 375 g/mol. The summed E-state index contributed by atoms with van der Waals surface area (Å²) in [5, 5.41) is 0. The van der Waals surface area contributed by atoms with E-state index in [0.29, 0.717) is 0 Å². The van der Waals surface area contributed by atoms with E-state index in [2.05, 4.69) is 6.92 Å². The summed E-state index contributed by atoms with van der Waals surface area (Å²) >= 11 is 0. The summed E-state index contributed by atoms with van der Waals surface area (Å²) in [6.45, 7) is 3.15. The standard InChI is InChI=1S/C22H38O.H3O4P/c1-2-3-4-5-6-7-8-9-10-11-12-13-14-18-21-23-22-19-16-15-17-20-22;1-5(2,3)4/h15-17,19-20H,2-14,18,21H2,1H3;(H3,1,2,3,4). The Balaban J connectivity index is 0.00000129. The van der Waals surface area contributed by atoms with Crippen molar-refractivity contribution in [2.24, 2.45) is 0 Å². The number of rotatable bonds is 16. The number of benzene rings is 1. The average molecular weight is 417 g/mol. The molecule has 0 radical (unpaired) electrons. The van der Waals surface area contributed by atoms with Gasteiger partial charge in [0.1, 0.15) is 5.75 Å². The predicted molar refractivity (Wildman–Crippen MR) is 117 cm³/mol. The lowest BCUT2D eigenvalue weighted by Crippen LogP contribution is -1.96. The molecule has 3 N–H and O–H groups in total. The average Bonchev–Trinajstić information content (AvgIpc) is 2.64. The molecule has 0 unspecified atom stereocenters. The largest absolute Gasteiger partial charge is 0.494 e. The van der Waals surface area contributed by atoms with E-state index in [4.69, 9.17) is 24.0 Å². The van der Waals surface area contributed by atoms with Gasteiger partial charge in [-0.3, -0.25) is 0 Å². The Kier molecular flexibility index (Phi) is 18.8. The summed E-state index contributed by atoms with van der Waals surface area (Å²) in [6, 6.07) is 10.1. The monoisotopic (exact) mass is 416 g/mol. The molecule has 1 aromatic carbocycles. The van der Waals surface area contributed by atoms with Gasteiger partial charge >= 0.3 is 7.82 Å². The Morgan fingerprint density at radius 2 is 1.04 bits per heavy atom. The van der Waals surface area contributed by atoms with Crippen LogP contribution in [0.25, 0.3) is 0 Å². The van der Waals surface area contributed by atoms with Gasteiger partial charge in [-0.1, -0.05) is 109 Å². The lowest BCUT2D eigenvalue weighted by Gasteiger charge is -2.06. The van der Waals surface area contributed by atoms with Gasteiger partial charge in [0, 0.05) is 0 Å². The van der Waals surface area contributed by atoms with E-state index in [1.807, 2.05) is 30.3 Å². The minimum absolute atomic E-state index is 0.863. The second-order valence-electron chi connectivity index (χ2n) is 7.27. The van der Waals surface area contributed by atoms with Crippen molar-refractivity contribution in [2.45, 2.75) is 96.8 Å². The van der Waals surface area contributed by atoms with Gasteiger partial charge in [-0.05, 0) is 18.6 Å². The third-order valence-corrected chi connectivity index (χ3v) is 4.51. The summed E-state index contributed by atoms with van der Waals surface area (Å²) in [7, 11) is -4.64. The summed E-state index contributed by atoms with van der Waals surface area (Å²) < 4.78 is 14.6. The van der Waals surface area contributed by atoms with Crippen LogP contribution in [-0.4, -0.2) is 21.3 Å². The highest BCUT2D eigenvalue weighted by molar-refractivity contribution is 7.45. The number of hydrogen-bond donors (Lipinski definition) is 3. The van der Waals surface area contributed by atoms with Gasteiger partial charge in [-0.15, -0.1) is 0 Å². The highest BCUT2D eigenvalue weighted by Gasteiger charge is 2.00. The van der Waals surface area contributed by atoms with Gasteiger partial charge in [-0.25, -0.2) is 4.57 Å². The van der Waals surface area contributed by atoms with E-state index in [-0.39, 0.29) is 0 Å². The van der Waals surface area contributed by atoms with E-state index in [9.17, 15) is 0 Å². The van der Waals surface area contributed by atoms with E-state index in [0.717, 1.165) is 12.4 Å². The molecule has 0 saturated heterocycles. The normalized spacial score (nSPS) is 11.0. The summed E-state index contributed by atoms with van der Waals surface area (Å²) in [5.74, 6) is 1.00. The van der Waals surface area contributed by atoms with Crippen LogP contribution in [0.3, 0.4) is 0 Å². The molecule has 0 fully saturated rings.